The molecular weight excluding hydrogens is 194 g/mol. The monoisotopic (exact) mass is 201 g/mol. The summed E-state index contributed by atoms with van der Waals surface area (Å²) in [4.78, 5) is 10.2. The zero-order valence-corrected chi connectivity index (χ0v) is 6.47. The molecule has 7 heteroatoms. The molecule has 0 amide bonds. The van der Waals surface area contributed by atoms with E-state index >= 15 is 0 Å². The maximum Gasteiger partial charge on any atom is 0.490 e. The lowest BCUT2D eigenvalue weighted by atomic mass is 10.4. The number of nitrogens with zero attached hydrogens (tertiary/aromatic N) is 1. The van der Waals surface area contributed by atoms with Crippen molar-refractivity contribution in [3.8, 4) is 0 Å². The Bertz CT molecular complexity index is 205. The summed E-state index contributed by atoms with van der Waals surface area (Å²) in [6, 6.07) is 0. The van der Waals surface area contributed by atoms with E-state index in [1.807, 2.05) is 0 Å². The molecule has 1 atom stereocenters. The number of halogens is 4. The van der Waals surface area contributed by atoms with Crippen molar-refractivity contribution in [1.29, 1.82) is 0 Å². The molecule has 76 valence electrons. The van der Waals surface area contributed by atoms with E-state index in [0.29, 0.717) is 6.42 Å². The summed E-state index contributed by atoms with van der Waals surface area (Å²) in [5.74, 6) is -2.35. The molecule has 0 aromatic carbocycles. The van der Waals surface area contributed by atoms with Crippen molar-refractivity contribution in [2.24, 2.45) is 0 Å². The van der Waals surface area contributed by atoms with Crippen LogP contribution in [0.5, 0.6) is 0 Å². The van der Waals surface area contributed by atoms with Gasteiger partial charge in [-0.1, -0.05) is 0 Å². The molecule has 13 heavy (non-hydrogen) atoms. The van der Waals surface area contributed by atoms with Crippen molar-refractivity contribution in [1.82, 2.24) is 5.12 Å². The lowest BCUT2D eigenvalue weighted by molar-refractivity contribution is -0.220. The van der Waals surface area contributed by atoms with Gasteiger partial charge in [-0.15, -0.1) is 9.60 Å². The molecule has 0 aromatic rings. The van der Waals surface area contributed by atoms with Gasteiger partial charge in [0, 0.05) is 13.0 Å². The lowest BCUT2D eigenvalue weighted by Gasteiger charge is -2.16. The van der Waals surface area contributed by atoms with E-state index in [1.165, 1.54) is 0 Å². The maximum absolute atomic E-state index is 12.5. The second kappa shape index (κ2) is 3.49. The minimum atomic E-state index is -5.05. The number of esters is 1. The third-order valence-electron chi connectivity index (χ3n) is 1.61. The summed E-state index contributed by atoms with van der Waals surface area (Å²) >= 11 is 0. The first-order valence-corrected chi connectivity index (χ1v) is 3.61. The third-order valence-corrected chi connectivity index (χ3v) is 1.61. The number of carbonyl (C=O) groups is 1. The summed E-state index contributed by atoms with van der Waals surface area (Å²) in [6.07, 6.45) is -5.96. The molecule has 0 aliphatic carbocycles. The number of hydrogen-bond donors (Lipinski definition) is 0. The molecule has 0 aromatic heterocycles. The van der Waals surface area contributed by atoms with Crippen LogP contribution in [-0.2, 0) is 9.53 Å². The van der Waals surface area contributed by atoms with Gasteiger partial charge in [0.2, 0.25) is 0 Å². The van der Waals surface area contributed by atoms with Crippen molar-refractivity contribution in [2.45, 2.75) is 25.2 Å². The average Bonchev–Trinajstić information content (AvgIpc) is 2.34. The molecule has 0 spiro atoms. The molecule has 1 saturated heterocycles. The van der Waals surface area contributed by atoms with Crippen molar-refractivity contribution < 1.29 is 27.2 Å². The maximum atomic E-state index is 12.5. The first-order chi connectivity index (χ1) is 5.91. The summed E-state index contributed by atoms with van der Waals surface area (Å²) < 4.78 is 51.2. The van der Waals surface area contributed by atoms with Crippen LogP contribution in [0.3, 0.4) is 0 Å². The van der Waals surface area contributed by atoms with E-state index in [9.17, 15) is 22.4 Å². The highest BCUT2D eigenvalue weighted by Crippen LogP contribution is 2.23. The molecule has 3 nitrogen and oxygen atoms in total. The minimum Gasteiger partial charge on any atom is -0.437 e. The number of alkyl halides is 3. The van der Waals surface area contributed by atoms with Gasteiger partial charge in [0.25, 0.3) is 0 Å². The standard InChI is InChI=1S/C6H7F4NO2/c7-6(8,9)5(12)13-4-2-1-3-11(4)10/h4H,1-3H2. The molecule has 1 rings (SSSR count). The van der Waals surface area contributed by atoms with Crippen LogP contribution in [0.2, 0.25) is 0 Å². The molecule has 0 saturated carbocycles. The van der Waals surface area contributed by atoms with Crippen molar-refractivity contribution >= 4 is 5.97 Å². The summed E-state index contributed by atoms with van der Waals surface area (Å²) in [6.45, 7) is -0.00416. The second-order valence-corrected chi connectivity index (χ2v) is 2.62. The van der Waals surface area contributed by atoms with Gasteiger partial charge in [-0.2, -0.15) is 13.2 Å². The molecule has 0 bridgehead atoms. The summed E-state index contributed by atoms with van der Waals surface area (Å²) in [5, 5.41) is 0.0869. The van der Waals surface area contributed by atoms with Gasteiger partial charge < -0.3 is 4.74 Å². The van der Waals surface area contributed by atoms with Gasteiger partial charge in [0.05, 0.1) is 0 Å². The van der Waals surface area contributed by atoms with Crippen molar-refractivity contribution in [2.75, 3.05) is 6.54 Å². The molecule has 1 fully saturated rings. The molecule has 1 unspecified atom stereocenters. The van der Waals surface area contributed by atoms with Crippen LogP contribution < -0.4 is 0 Å². The van der Waals surface area contributed by atoms with Gasteiger partial charge in [0.15, 0.2) is 6.23 Å². The number of rotatable bonds is 1. The third kappa shape index (κ3) is 2.55. The Kier molecular flexibility index (Phi) is 2.74. The van der Waals surface area contributed by atoms with Crippen LogP contribution in [0.15, 0.2) is 0 Å². The van der Waals surface area contributed by atoms with Crippen LogP contribution in [0.4, 0.5) is 17.7 Å². The van der Waals surface area contributed by atoms with Crippen LogP contribution in [0.1, 0.15) is 12.8 Å². The predicted molar refractivity (Wildman–Crippen MR) is 33.0 cm³/mol. The van der Waals surface area contributed by atoms with E-state index in [4.69, 9.17) is 0 Å². The van der Waals surface area contributed by atoms with E-state index in [1.54, 1.807) is 0 Å². The average molecular weight is 201 g/mol. The Morgan fingerprint density at radius 1 is 1.46 bits per heavy atom. The largest absolute Gasteiger partial charge is 0.490 e. The van der Waals surface area contributed by atoms with E-state index in [-0.39, 0.29) is 18.1 Å². The fourth-order valence-corrected chi connectivity index (χ4v) is 1.01. The van der Waals surface area contributed by atoms with Crippen LogP contribution in [-0.4, -0.2) is 30.0 Å². The number of ether oxygens (including phenoxy) is 1. The second-order valence-electron chi connectivity index (χ2n) is 2.62. The Morgan fingerprint density at radius 3 is 2.46 bits per heavy atom. The molecule has 0 radical (unpaired) electrons. The van der Waals surface area contributed by atoms with Gasteiger partial charge in [-0.3, -0.25) is 0 Å². The normalized spacial score (nSPS) is 24.8. The molecule has 1 aliphatic rings. The zero-order chi connectivity index (χ0) is 10.1. The zero-order valence-electron chi connectivity index (χ0n) is 6.47. The number of carbonyl (C=O) groups excluding carboxylic acids is 1. The highest BCUT2D eigenvalue weighted by atomic mass is 19.4. The Labute approximate surface area is 71.2 Å². The highest BCUT2D eigenvalue weighted by Gasteiger charge is 2.43. The highest BCUT2D eigenvalue weighted by molar-refractivity contribution is 5.75. The Morgan fingerprint density at radius 2 is 2.08 bits per heavy atom. The van der Waals surface area contributed by atoms with Crippen LogP contribution >= 0.6 is 0 Å². The first-order valence-electron chi connectivity index (χ1n) is 3.61. The molecule has 0 N–H and O–H groups in total. The van der Waals surface area contributed by atoms with Crippen molar-refractivity contribution in [3.05, 3.63) is 0 Å². The van der Waals surface area contributed by atoms with Gasteiger partial charge in [-0.05, 0) is 6.42 Å². The quantitative estimate of drug-likeness (QED) is 0.365. The van der Waals surface area contributed by atoms with Gasteiger partial charge in [0.1, 0.15) is 0 Å². The van der Waals surface area contributed by atoms with E-state index < -0.39 is 18.4 Å². The topological polar surface area (TPSA) is 29.5 Å². The number of hydrogen-bond acceptors (Lipinski definition) is 3. The fourth-order valence-electron chi connectivity index (χ4n) is 1.01. The molecular formula is C6H7F4NO2. The van der Waals surface area contributed by atoms with Crippen LogP contribution in [0, 0.1) is 0 Å². The van der Waals surface area contributed by atoms with E-state index in [2.05, 4.69) is 4.74 Å². The Hall–Kier alpha value is -0.850. The summed E-state index contributed by atoms with van der Waals surface area (Å²) in [7, 11) is 0. The lowest BCUT2D eigenvalue weighted by Crippen LogP contribution is -2.34. The van der Waals surface area contributed by atoms with E-state index in [0.717, 1.165) is 0 Å². The smallest absolute Gasteiger partial charge is 0.437 e. The Balaban J connectivity index is 2.45. The molecule has 1 heterocycles. The fraction of sp³-hybridized carbons (Fsp3) is 0.833. The van der Waals surface area contributed by atoms with Gasteiger partial charge in [-0.25, -0.2) is 4.79 Å². The molecule has 1 aliphatic heterocycles. The van der Waals surface area contributed by atoms with Crippen molar-refractivity contribution in [3.63, 3.8) is 0 Å². The van der Waals surface area contributed by atoms with Crippen LogP contribution in [0.25, 0.3) is 0 Å². The minimum absolute atomic E-state index is 0.00416. The predicted octanol–water partition coefficient (Wildman–Crippen LogP) is 1.40. The van der Waals surface area contributed by atoms with Gasteiger partial charge >= 0.3 is 12.1 Å². The SMILES string of the molecule is O=C(OC1CCCN1F)C(F)(F)F. The first kappa shape index (κ1) is 10.2. The summed E-state index contributed by atoms with van der Waals surface area (Å²) in [5.41, 5.74) is 0.